The number of carbonyl (C=O) groups is 1. The van der Waals surface area contributed by atoms with Gasteiger partial charge in [0.1, 0.15) is 0 Å². The number of nitrogens with one attached hydrogen (secondary N) is 1. The number of nitrogens with zero attached hydrogens (tertiary/aromatic N) is 1. The van der Waals surface area contributed by atoms with Crippen LogP contribution < -0.4 is 19.5 Å². The number of carbonyl (C=O) groups excluding carboxylic acids is 1. The summed E-state index contributed by atoms with van der Waals surface area (Å²) in [5, 5.41) is 2.68. The molecule has 9 heteroatoms. The van der Waals surface area contributed by atoms with Gasteiger partial charge in [0.2, 0.25) is 15.8 Å². The molecule has 1 amide bonds. The smallest absolute Gasteiger partial charge is 0.262 e. The number of aryl methyl sites for hydroxylation is 1. The SMILES string of the molecule is CCN(CC)S(=O)(=O)c1ccc(NC(=O)COc2c(OC)cc(C)cc2OC)cc1. The number of methoxy groups -OCH3 is 2. The van der Waals surface area contributed by atoms with Crippen LogP contribution in [0.2, 0.25) is 0 Å². The first-order valence-electron chi connectivity index (χ1n) is 9.52. The molecule has 2 aromatic rings. The third kappa shape index (κ3) is 5.43. The van der Waals surface area contributed by atoms with E-state index in [-0.39, 0.29) is 11.5 Å². The Hall–Kier alpha value is -2.78. The molecule has 0 saturated heterocycles. The van der Waals surface area contributed by atoms with Crippen molar-refractivity contribution in [1.29, 1.82) is 0 Å². The molecule has 0 aliphatic carbocycles. The van der Waals surface area contributed by atoms with Crippen LogP contribution in [-0.2, 0) is 14.8 Å². The van der Waals surface area contributed by atoms with E-state index in [0.29, 0.717) is 36.0 Å². The maximum Gasteiger partial charge on any atom is 0.262 e. The van der Waals surface area contributed by atoms with Gasteiger partial charge in [0.05, 0.1) is 19.1 Å². The van der Waals surface area contributed by atoms with Crippen molar-refractivity contribution in [2.24, 2.45) is 0 Å². The Labute approximate surface area is 177 Å². The number of anilines is 1. The number of amides is 1. The summed E-state index contributed by atoms with van der Waals surface area (Å²) in [5.41, 5.74) is 1.39. The maximum absolute atomic E-state index is 12.5. The normalized spacial score (nSPS) is 11.3. The molecule has 8 nitrogen and oxygen atoms in total. The van der Waals surface area contributed by atoms with Crippen molar-refractivity contribution in [2.45, 2.75) is 25.7 Å². The van der Waals surface area contributed by atoms with Gasteiger partial charge in [-0.15, -0.1) is 0 Å². The van der Waals surface area contributed by atoms with Crippen molar-refractivity contribution >= 4 is 21.6 Å². The number of sulfonamides is 1. The summed E-state index contributed by atoms with van der Waals surface area (Å²) in [6, 6.07) is 9.59. The lowest BCUT2D eigenvalue weighted by Crippen LogP contribution is -2.30. The van der Waals surface area contributed by atoms with Crippen LogP contribution in [0.1, 0.15) is 19.4 Å². The molecule has 0 atom stereocenters. The van der Waals surface area contributed by atoms with Crippen molar-refractivity contribution in [3.8, 4) is 17.2 Å². The Morgan fingerprint density at radius 3 is 2.00 bits per heavy atom. The molecular weight excluding hydrogens is 408 g/mol. The average Bonchev–Trinajstić information content (AvgIpc) is 2.73. The van der Waals surface area contributed by atoms with E-state index in [4.69, 9.17) is 14.2 Å². The molecule has 0 spiro atoms. The molecule has 0 bridgehead atoms. The second-order valence-electron chi connectivity index (χ2n) is 6.45. The molecule has 164 valence electrons. The zero-order chi connectivity index (χ0) is 22.3. The van der Waals surface area contributed by atoms with Gasteiger partial charge in [-0.1, -0.05) is 13.8 Å². The molecule has 0 aliphatic rings. The lowest BCUT2D eigenvalue weighted by Gasteiger charge is -2.18. The first-order valence-corrected chi connectivity index (χ1v) is 11.0. The molecule has 0 fully saturated rings. The van der Waals surface area contributed by atoms with Crippen LogP contribution in [0.15, 0.2) is 41.3 Å². The highest BCUT2D eigenvalue weighted by atomic mass is 32.2. The summed E-state index contributed by atoms with van der Waals surface area (Å²) in [4.78, 5) is 12.5. The van der Waals surface area contributed by atoms with Gasteiger partial charge in [0.25, 0.3) is 5.91 Å². The Morgan fingerprint density at radius 2 is 1.53 bits per heavy atom. The van der Waals surface area contributed by atoms with Gasteiger partial charge in [-0.2, -0.15) is 4.31 Å². The highest BCUT2D eigenvalue weighted by Gasteiger charge is 2.21. The van der Waals surface area contributed by atoms with E-state index in [0.717, 1.165) is 5.56 Å². The predicted molar refractivity (Wildman–Crippen MR) is 115 cm³/mol. The average molecular weight is 437 g/mol. The Kier molecular flexibility index (Phi) is 8.08. The summed E-state index contributed by atoms with van der Waals surface area (Å²) in [6.07, 6.45) is 0. The van der Waals surface area contributed by atoms with Crippen LogP contribution in [0.3, 0.4) is 0 Å². The fourth-order valence-electron chi connectivity index (χ4n) is 2.91. The molecule has 2 rings (SSSR count). The Bertz CT molecular complexity index is 944. The number of rotatable bonds is 10. The van der Waals surface area contributed by atoms with Gasteiger partial charge in [0.15, 0.2) is 18.1 Å². The van der Waals surface area contributed by atoms with Crippen molar-refractivity contribution in [3.05, 3.63) is 42.0 Å². The number of benzene rings is 2. The van der Waals surface area contributed by atoms with Gasteiger partial charge in [0, 0.05) is 18.8 Å². The van der Waals surface area contributed by atoms with Gasteiger partial charge in [-0.3, -0.25) is 4.79 Å². The molecule has 2 aromatic carbocycles. The standard InChI is InChI=1S/C21H28N2O6S/c1-6-23(7-2)30(25,26)17-10-8-16(9-11-17)22-20(24)14-29-21-18(27-4)12-15(3)13-19(21)28-5/h8-13H,6-7,14H2,1-5H3,(H,22,24). The number of ether oxygens (including phenoxy) is 3. The molecule has 0 aliphatic heterocycles. The summed E-state index contributed by atoms with van der Waals surface area (Å²) in [7, 11) is -0.526. The molecule has 0 saturated carbocycles. The highest BCUT2D eigenvalue weighted by molar-refractivity contribution is 7.89. The molecule has 30 heavy (non-hydrogen) atoms. The second-order valence-corrected chi connectivity index (χ2v) is 8.39. The zero-order valence-corrected chi connectivity index (χ0v) is 18.7. The first kappa shape index (κ1) is 23.5. The lowest BCUT2D eigenvalue weighted by molar-refractivity contribution is -0.118. The minimum atomic E-state index is -3.54. The largest absolute Gasteiger partial charge is 0.493 e. The molecule has 0 unspecified atom stereocenters. The molecule has 0 aromatic heterocycles. The van der Waals surface area contributed by atoms with Crippen LogP contribution in [0.25, 0.3) is 0 Å². The Morgan fingerprint density at radius 1 is 1.00 bits per heavy atom. The molecular formula is C21H28N2O6S. The summed E-state index contributed by atoms with van der Waals surface area (Å²) >= 11 is 0. The first-order chi connectivity index (χ1) is 14.3. The summed E-state index contributed by atoms with van der Waals surface area (Å²) < 4.78 is 42.6. The number of hydrogen-bond donors (Lipinski definition) is 1. The lowest BCUT2D eigenvalue weighted by atomic mass is 10.2. The molecule has 0 radical (unpaired) electrons. The van der Waals surface area contributed by atoms with E-state index in [9.17, 15) is 13.2 Å². The van der Waals surface area contributed by atoms with Crippen LogP contribution in [0.4, 0.5) is 5.69 Å². The zero-order valence-electron chi connectivity index (χ0n) is 17.9. The van der Waals surface area contributed by atoms with Gasteiger partial charge < -0.3 is 19.5 Å². The minimum absolute atomic E-state index is 0.176. The van der Waals surface area contributed by atoms with E-state index in [1.165, 1.54) is 30.7 Å². The van der Waals surface area contributed by atoms with Crippen LogP contribution in [-0.4, -0.2) is 52.5 Å². The topological polar surface area (TPSA) is 94.2 Å². The van der Waals surface area contributed by atoms with Crippen LogP contribution in [0.5, 0.6) is 17.2 Å². The third-order valence-electron chi connectivity index (χ3n) is 4.43. The van der Waals surface area contributed by atoms with Gasteiger partial charge in [-0.05, 0) is 48.9 Å². The Balaban J connectivity index is 2.06. The van der Waals surface area contributed by atoms with E-state index in [1.54, 1.807) is 38.1 Å². The highest BCUT2D eigenvalue weighted by Crippen LogP contribution is 2.38. The fraction of sp³-hybridized carbons (Fsp3) is 0.381. The minimum Gasteiger partial charge on any atom is -0.493 e. The van der Waals surface area contributed by atoms with Crippen molar-refractivity contribution in [1.82, 2.24) is 4.31 Å². The predicted octanol–water partition coefficient (Wildman–Crippen LogP) is 3.06. The summed E-state index contributed by atoms with van der Waals surface area (Å²) in [6.45, 7) is 5.98. The van der Waals surface area contributed by atoms with E-state index in [2.05, 4.69) is 5.32 Å². The van der Waals surface area contributed by atoms with E-state index < -0.39 is 15.9 Å². The van der Waals surface area contributed by atoms with Crippen molar-refractivity contribution in [3.63, 3.8) is 0 Å². The van der Waals surface area contributed by atoms with Crippen LogP contribution in [0, 0.1) is 6.92 Å². The molecule has 1 N–H and O–H groups in total. The second kappa shape index (κ2) is 10.3. The quantitative estimate of drug-likeness (QED) is 0.615. The van der Waals surface area contributed by atoms with E-state index in [1.807, 2.05) is 6.92 Å². The van der Waals surface area contributed by atoms with Gasteiger partial charge >= 0.3 is 0 Å². The molecule has 0 heterocycles. The van der Waals surface area contributed by atoms with Crippen molar-refractivity contribution in [2.75, 3.05) is 39.2 Å². The van der Waals surface area contributed by atoms with E-state index >= 15 is 0 Å². The van der Waals surface area contributed by atoms with Gasteiger partial charge in [-0.25, -0.2) is 8.42 Å². The monoisotopic (exact) mass is 436 g/mol. The maximum atomic E-state index is 12.5. The van der Waals surface area contributed by atoms with Crippen LogP contribution >= 0.6 is 0 Å². The number of hydrogen-bond acceptors (Lipinski definition) is 6. The third-order valence-corrected chi connectivity index (χ3v) is 6.50. The summed E-state index contributed by atoms with van der Waals surface area (Å²) in [5.74, 6) is 0.858. The fourth-order valence-corrected chi connectivity index (χ4v) is 4.37. The van der Waals surface area contributed by atoms with Crippen molar-refractivity contribution < 1.29 is 27.4 Å².